The standard InChI is InChI=1S/C10H14N6/c1-2-10-12-13-14-16(10)8-9(1)7-15-5-3-11-4-6-15/h1-2,8,11H,3-7H2. The smallest absolute Gasteiger partial charge is 0.179 e. The van der Waals surface area contributed by atoms with E-state index in [-0.39, 0.29) is 0 Å². The van der Waals surface area contributed by atoms with Gasteiger partial charge < -0.3 is 5.32 Å². The van der Waals surface area contributed by atoms with Crippen LogP contribution in [0.25, 0.3) is 5.65 Å². The highest BCUT2D eigenvalue weighted by molar-refractivity contribution is 5.36. The summed E-state index contributed by atoms with van der Waals surface area (Å²) in [6.07, 6.45) is 2.00. The Morgan fingerprint density at radius 3 is 3.00 bits per heavy atom. The molecule has 1 N–H and O–H groups in total. The van der Waals surface area contributed by atoms with Crippen LogP contribution < -0.4 is 5.32 Å². The van der Waals surface area contributed by atoms with Gasteiger partial charge in [0.05, 0.1) is 0 Å². The number of tetrazole rings is 1. The molecule has 1 aliphatic heterocycles. The molecule has 0 bridgehead atoms. The maximum atomic E-state index is 3.90. The van der Waals surface area contributed by atoms with Gasteiger partial charge >= 0.3 is 0 Å². The van der Waals surface area contributed by atoms with Crippen LogP contribution in [0.3, 0.4) is 0 Å². The monoisotopic (exact) mass is 218 g/mol. The van der Waals surface area contributed by atoms with Crippen molar-refractivity contribution < 1.29 is 0 Å². The summed E-state index contributed by atoms with van der Waals surface area (Å²) < 4.78 is 1.72. The van der Waals surface area contributed by atoms with Crippen molar-refractivity contribution in [1.29, 1.82) is 0 Å². The van der Waals surface area contributed by atoms with E-state index in [0.717, 1.165) is 38.4 Å². The summed E-state index contributed by atoms with van der Waals surface area (Å²) in [4.78, 5) is 2.43. The van der Waals surface area contributed by atoms with E-state index in [4.69, 9.17) is 0 Å². The van der Waals surface area contributed by atoms with Gasteiger partial charge in [-0.15, -0.1) is 5.10 Å². The Morgan fingerprint density at radius 2 is 2.12 bits per heavy atom. The molecule has 0 aromatic carbocycles. The van der Waals surface area contributed by atoms with Crippen molar-refractivity contribution in [2.75, 3.05) is 26.2 Å². The van der Waals surface area contributed by atoms with Crippen LogP contribution in [-0.4, -0.2) is 51.1 Å². The minimum Gasteiger partial charge on any atom is -0.314 e. The fourth-order valence-corrected chi connectivity index (χ4v) is 2.00. The van der Waals surface area contributed by atoms with Crippen molar-refractivity contribution in [3.05, 3.63) is 23.9 Å². The molecular weight excluding hydrogens is 204 g/mol. The summed E-state index contributed by atoms with van der Waals surface area (Å²) in [5.41, 5.74) is 2.05. The van der Waals surface area contributed by atoms with Crippen molar-refractivity contribution in [2.24, 2.45) is 0 Å². The van der Waals surface area contributed by atoms with E-state index in [1.165, 1.54) is 5.56 Å². The maximum absolute atomic E-state index is 3.90. The first kappa shape index (κ1) is 9.68. The first-order valence-corrected chi connectivity index (χ1v) is 5.51. The zero-order valence-corrected chi connectivity index (χ0v) is 9.00. The van der Waals surface area contributed by atoms with Crippen molar-refractivity contribution in [1.82, 2.24) is 30.3 Å². The fraction of sp³-hybridized carbons (Fsp3) is 0.500. The summed E-state index contributed by atoms with van der Waals surface area (Å²) in [5, 5.41) is 14.8. The normalized spacial score (nSPS) is 18.0. The molecule has 6 nitrogen and oxygen atoms in total. The number of nitrogens with one attached hydrogen (secondary N) is 1. The third-order valence-corrected chi connectivity index (χ3v) is 2.87. The molecule has 1 aliphatic rings. The Kier molecular flexibility index (Phi) is 2.51. The minimum absolute atomic E-state index is 0.795. The Bertz CT molecular complexity index is 473. The van der Waals surface area contributed by atoms with E-state index in [0.29, 0.717) is 0 Å². The van der Waals surface area contributed by atoms with Gasteiger partial charge in [-0.05, 0) is 22.1 Å². The molecule has 3 rings (SSSR count). The second-order valence-electron chi connectivity index (χ2n) is 4.05. The van der Waals surface area contributed by atoms with Gasteiger partial charge in [-0.25, -0.2) is 4.52 Å². The second kappa shape index (κ2) is 4.15. The zero-order valence-electron chi connectivity index (χ0n) is 9.00. The summed E-state index contributed by atoms with van der Waals surface area (Å²) in [5.74, 6) is 0. The molecule has 16 heavy (non-hydrogen) atoms. The number of fused-ring (bicyclic) bond motifs is 1. The van der Waals surface area contributed by atoms with E-state index < -0.39 is 0 Å². The molecule has 0 atom stereocenters. The molecular formula is C10H14N6. The lowest BCUT2D eigenvalue weighted by Gasteiger charge is -2.27. The average Bonchev–Trinajstić information content (AvgIpc) is 2.77. The molecule has 0 saturated carbocycles. The van der Waals surface area contributed by atoms with Crippen molar-refractivity contribution in [3.8, 4) is 0 Å². The molecule has 0 unspecified atom stereocenters. The van der Waals surface area contributed by atoms with Gasteiger partial charge in [-0.3, -0.25) is 4.90 Å². The predicted octanol–water partition coefficient (Wildman–Crippen LogP) is -0.471. The van der Waals surface area contributed by atoms with Gasteiger partial charge in [0.25, 0.3) is 0 Å². The van der Waals surface area contributed by atoms with Crippen LogP contribution in [-0.2, 0) is 6.54 Å². The van der Waals surface area contributed by atoms with Crippen LogP contribution in [0, 0.1) is 0 Å². The largest absolute Gasteiger partial charge is 0.314 e. The lowest BCUT2D eigenvalue weighted by molar-refractivity contribution is 0.233. The molecule has 0 radical (unpaired) electrons. The molecule has 2 aromatic heterocycles. The number of aromatic nitrogens is 4. The topological polar surface area (TPSA) is 58.4 Å². The van der Waals surface area contributed by atoms with E-state index in [1.807, 2.05) is 12.3 Å². The van der Waals surface area contributed by atoms with E-state index in [9.17, 15) is 0 Å². The highest BCUT2D eigenvalue weighted by Crippen LogP contribution is 2.06. The van der Waals surface area contributed by atoms with Gasteiger partial charge in [0.15, 0.2) is 5.65 Å². The molecule has 1 saturated heterocycles. The first-order chi connectivity index (χ1) is 7.92. The van der Waals surface area contributed by atoms with Crippen LogP contribution in [0.15, 0.2) is 18.3 Å². The van der Waals surface area contributed by atoms with E-state index in [2.05, 4.69) is 31.8 Å². The highest BCUT2D eigenvalue weighted by Gasteiger charge is 2.10. The van der Waals surface area contributed by atoms with E-state index >= 15 is 0 Å². The van der Waals surface area contributed by atoms with Gasteiger partial charge in [0.2, 0.25) is 0 Å². The first-order valence-electron chi connectivity index (χ1n) is 5.51. The molecule has 84 valence electrons. The Balaban J connectivity index is 1.77. The second-order valence-corrected chi connectivity index (χ2v) is 4.05. The number of nitrogens with zero attached hydrogens (tertiary/aromatic N) is 5. The number of rotatable bonds is 2. The maximum Gasteiger partial charge on any atom is 0.179 e. The lowest BCUT2D eigenvalue weighted by Crippen LogP contribution is -2.42. The highest BCUT2D eigenvalue weighted by atomic mass is 15.5. The van der Waals surface area contributed by atoms with Crippen molar-refractivity contribution in [3.63, 3.8) is 0 Å². The molecule has 0 aliphatic carbocycles. The number of piperazine rings is 1. The number of hydrogen-bond acceptors (Lipinski definition) is 5. The predicted molar refractivity (Wildman–Crippen MR) is 58.9 cm³/mol. The molecule has 0 spiro atoms. The summed E-state index contributed by atoms with van der Waals surface area (Å²) in [7, 11) is 0. The Morgan fingerprint density at radius 1 is 1.25 bits per heavy atom. The van der Waals surface area contributed by atoms with Crippen LogP contribution in [0.5, 0.6) is 0 Å². The SMILES string of the molecule is c1cc2nnnn2cc1CN1CCNCC1. The summed E-state index contributed by atoms with van der Waals surface area (Å²) in [6, 6.07) is 4.05. The minimum atomic E-state index is 0.795. The van der Waals surface area contributed by atoms with Gasteiger partial charge in [-0.2, -0.15) is 0 Å². The van der Waals surface area contributed by atoms with Gasteiger partial charge in [0, 0.05) is 38.9 Å². The number of hydrogen-bond donors (Lipinski definition) is 1. The molecule has 0 amide bonds. The van der Waals surface area contributed by atoms with Crippen molar-refractivity contribution >= 4 is 5.65 Å². The molecule has 6 heteroatoms. The van der Waals surface area contributed by atoms with Gasteiger partial charge in [0.1, 0.15) is 0 Å². The van der Waals surface area contributed by atoms with Crippen LogP contribution in [0.4, 0.5) is 0 Å². The lowest BCUT2D eigenvalue weighted by atomic mass is 10.2. The summed E-state index contributed by atoms with van der Waals surface area (Å²) >= 11 is 0. The average molecular weight is 218 g/mol. The molecule has 3 heterocycles. The van der Waals surface area contributed by atoms with Gasteiger partial charge in [-0.1, -0.05) is 6.07 Å². The third kappa shape index (κ3) is 1.89. The number of pyridine rings is 1. The molecule has 1 fully saturated rings. The van der Waals surface area contributed by atoms with Crippen LogP contribution in [0.2, 0.25) is 0 Å². The fourth-order valence-electron chi connectivity index (χ4n) is 2.00. The third-order valence-electron chi connectivity index (χ3n) is 2.87. The quantitative estimate of drug-likeness (QED) is 0.738. The van der Waals surface area contributed by atoms with Crippen LogP contribution in [0.1, 0.15) is 5.56 Å². The van der Waals surface area contributed by atoms with Crippen LogP contribution >= 0.6 is 0 Å². The Hall–Kier alpha value is -1.53. The van der Waals surface area contributed by atoms with Crippen molar-refractivity contribution in [2.45, 2.75) is 6.54 Å². The Labute approximate surface area is 93.2 Å². The van der Waals surface area contributed by atoms with E-state index in [1.54, 1.807) is 4.52 Å². The summed E-state index contributed by atoms with van der Waals surface area (Å²) in [6.45, 7) is 5.33. The molecule has 2 aromatic rings. The zero-order chi connectivity index (χ0) is 10.8.